The lowest BCUT2D eigenvalue weighted by Gasteiger charge is -2.05. The summed E-state index contributed by atoms with van der Waals surface area (Å²) < 4.78 is 1.05. The highest BCUT2D eigenvalue weighted by Crippen LogP contribution is 2.12. The van der Waals surface area contributed by atoms with Crippen LogP contribution in [-0.2, 0) is 0 Å². The van der Waals surface area contributed by atoms with Crippen molar-refractivity contribution >= 4 is 27.9 Å². The maximum atomic E-state index is 4.46. The van der Waals surface area contributed by atoms with Crippen molar-refractivity contribution in [1.82, 2.24) is 0 Å². The molecule has 3 aromatic rings. The number of hydrogen-bond acceptors (Lipinski definition) is 2. The Morgan fingerprint density at radius 1 is 0.696 bits per heavy atom. The molecule has 3 rings (SSSR count). The van der Waals surface area contributed by atoms with Crippen LogP contribution in [-0.4, -0.2) is 11.9 Å². The van der Waals surface area contributed by atoms with Gasteiger partial charge in [0, 0.05) is 15.6 Å². The summed E-state index contributed by atoms with van der Waals surface area (Å²) in [7, 11) is 0. The molecule has 0 atom stereocenters. The third-order valence-electron chi connectivity index (χ3n) is 3.33. The molecule has 2 nitrogen and oxygen atoms in total. The van der Waals surface area contributed by atoms with E-state index in [1.165, 1.54) is 0 Å². The van der Waals surface area contributed by atoms with Crippen molar-refractivity contribution in [3.63, 3.8) is 0 Å². The van der Waals surface area contributed by atoms with E-state index in [2.05, 4.69) is 26.1 Å². The molecule has 0 unspecified atom stereocenters. The van der Waals surface area contributed by atoms with Crippen LogP contribution in [0.1, 0.15) is 16.7 Å². The molecule has 0 heterocycles. The molecule has 0 aromatic heterocycles. The molecule has 0 saturated heterocycles. The maximum Gasteiger partial charge on any atom is 0.100 e. The Balaban J connectivity index is 1.93. The van der Waals surface area contributed by atoms with Crippen LogP contribution >= 0.6 is 15.9 Å². The normalized spacial score (nSPS) is 10.7. The van der Waals surface area contributed by atoms with E-state index in [0.29, 0.717) is 0 Å². The van der Waals surface area contributed by atoms with Gasteiger partial charge in [0.05, 0.1) is 6.21 Å². The summed E-state index contributed by atoms with van der Waals surface area (Å²) in [5.41, 5.74) is 3.97. The van der Waals surface area contributed by atoms with Crippen molar-refractivity contribution in [2.75, 3.05) is 0 Å². The Morgan fingerprint density at radius 2 is 1.22 bits per heavy atom. The molecule has 23 heavy (non-hydrogen) atoms. The van der Waals surface area contributed by atoms with Crippen molar-refractivity contribution in [1.29, 1.82) is 0 Å². The van der Waals surface area contributed by atoms with E-state index in [1.54, 1.807) is 6.21 Å². The summed E-state index contributed by atoms with van der Waals surface area (Å²) in [6.45, 7) is 0. The lowest BCUT2D eigenvalue weighted by molar-refractivity contribution is 1.24. The molecule has 0 N–H and O–H groups in total. The van der Waals surface area contributed by atoms with Crippen molar-refractivity contribution in [3.8, 4) is 0 Å². The summed E-state index contributed by atoms with van der Waals surface area (Å²) in [6.07, 6.45) is 1.76. The zero-order valence-corrected chi connectivity index (χ0v) is 14.0. The van der Waals surface area contributed by atoms with E-state index in [0.717, 1.165) is 26.9 Å². The van der Waals surface area contributed by atoms with Crippen molar-refractivity contribution < 1.29 is 0 Å². The second-order valence-electron chi connectivity index (χ2n) is 4.98. The zero-order chi connectivity index (χ0) is 15.9. The molecule has 0 amide bonds. The first kappa shape index (κ1) is 15.4. The zero-order valence-electron chi connectivity index (χ0n) is 12.4. The average molecular weight is 363 g/mol. The van der Waals surface area contributed by atoms with Gasteiger partial charge in [-0.2, -0.15) is 5.10 Å². The molecule has 0 bridgehead atoms. The summed E-state index contributed by atoms with van der Waals surface area (Å²) in [6, 6.07) is 28.2. The molecule has 0 aliphatic carbocycles. The van der Waals surface area contributed by atoms with E-state index in [9.17, 15) is 0 Å². The van der Waals surface area contributed by atoms with Gasteiger partial charge in [0.25, 0.3) is 0 Å². The lowest BCUT2D eigenvalue weighted by atomic mass is 10.0. The summed E-state index contributed by atoms with van der Waals surface area (Å²) in [5, 5.41) is 8.73. The Kier molecular flexibility index (Phi) is 5.12. The largest absolute Gasteiger partial charge is 0.158 e. The Labute approximate surface area is 144 Å². The van der Waals surface area contributed by atoms with E-state index in [1.807, 2.05) is 84.9 Å². The Bertz CT molecular complexity index is 766. The van der Waals surface area contributed by atoms with E-state index in [-0.39, 0.29) is 0 Å². The van der Waals surface area contributed by atoms with Crippen LogP contribution in [0.5, 0.6) is 0 Å². The van der Waals surface area contributed by atoms with Crippen molar-refractivity contribution in [3.05, 3.63) is 106 Å². The topological polar surface area (TPSA) is 24.7 Å². The second kappa shape index (κ2) is 7.65. The highest BCUT2D eigenvalue weighted by atomic mass is 79.9. The van der Waals surface area contributed by atoms with Crippen molar-refractivity contribution in [2.45, 2.75) is 0 Å². The van der Waals surface area contributed by atoms with Crippen LogP contribution in [0.2, 0.25) is 0 Å². The van der Waals surface area contributed by atoms with Crippen LogP contribution in [0.25, 0.3) is 0 Å². The van der Waals surface area contributed by atoms with Crippen LogP contribution < -0.4 is 0 Å². The molecule has 0 spiro atoms. The van der Waals surface area contributed by atoms with Gasteiger partial charge in [-0.3, -0.25) is 0 Å². The molecule has 0 saturated carbocycles. The SMILES string of the molecule is Brc1ccc(/C=N/N=C(c2ccccc2)c2ccccc2)cc1. The van der Waals surface area contributed by atoms with Gasteiger partial charge < -0.3 is 0 Å². The van der Waals surface area contributed by atoms with E-state index in [4.69, 9.17) is 0 Å². The minimum atomic E-state index is 0.861. The quantitative estimate of drug-likeness (QED) is 0.443. The predicted molar refractivity (Wildman–Crippen MR) is 100 cm³/mol. The summed E-state index contributed by atoms with van der Waals surface area (Å²) in [4.78, 5) is 0. The smallest absolute Gasteiger partial charge is 0.100 e. The standard InChI is InChI=1S/C20H15BrN2/c21-19-13-11-16(12-14-19)15-22-23-20(17-7-3-1-4-8-17)18-9-5-2-6-10-18/h1-15H/b22-15+. The van der Waals surface area contributed by atoms with Crippen LogP contribution in [0.15, 0.2) is 99.6 Å². The van der Waals surface area contributed by atoms with Gasteiger partial charge in [0.15, 0.2) is 0 Å². The summed E-state index contributed by atoms with van der Waals surface area (Å²) >= 11 is 3.43. The fourth-order valence-electron chi connectivity index (χ4n) is 2.18. The fourth-order valence-corrected chi connectivity index (χ4v) is 2.44. The van der Waals surface area contributed by atoms with Gasteiger partial charge >= 0.3 is 0 Å². The number of rotatable bonds is 4. The molecule has 3 aromatic carbocycles. The minimum Gasteiger partial charge on any atom is -0.158 e. The van der Waals surface area contributed by atoms with Gasteiger partial charge in [-0.05, 0) is 17.7 Å². The molecule has 0 aliphatic rings. The Hall–Kier alpha value is -2.52. The first-order valence-corrected chi connectivity index (χ1v) is 8.10. The molecule has 3 heteroatoms. The van der Waals surface area contributed by atoms with Gasteiger partial charge in [-0.1, -0.05) is 88.7 Å². The van der Waals surface area contributed by atoms with E-state index < -0.39 is 0 Å². The van der Waals surface area contributed by atoms with E-state index >= 15 is 0 Å². The monoisotopic (exact) mass is 362 g/mol. The van der Waals surface area contributed by atoms with Gasteiger partial charge in [-0.15, -0.1) is 5.10 Å². The third kappa shape index (κ3) is 4.24. The minimum absolute atomic E-state index is 0.861. The molecule has 112 valence electrons. The number of benzene rings is 3. The van der Waals surface area contributed by atoms with Gasteiger partial charge in [-0.25, -0.2) is 0 Å². The lowest BCUT2D eigenvalue weighted by Crippen LogP contribution is -2.02. The third-order valence-corrected chi connectivity index (χ3v) is 3.86. The molecular weight excluding hydrogens is 348 g/mol. The Morgan fingerprint density at radius 3 is 1.74 bits per heavy atom. The maximum absolute atomic E-state index is 4.46. The van der Waals surface area contributed by atoms with Crippen LogP contribution in [0.3, 0.4) is 0 Å². The fraction of sp³-hybridized carbons (Fsp3) is 0. The number of nitrogens with zero attached hydrogens (tertiary/aromatic N) is 2. The van der Waals surface area contributed by atoms with Gasteiger partial charge in [0.1, 0.15) is 5.71 Å². The van der Waals surface area contributed by atoms with Crippen LogP contribution in [0, 0.1) is 0 Å². The van der Waals surface area contributed by atoms with Crippen molar-refractivity contribution in [2.24, 2.45) is 10.2 Å². The number of halogens is 1. The number of hydrogen-bond donors (Lipinski definition) is 0. The molecule has 0 aliphatic heterocycles. The predicted octanol–water partition coefficient (Wildman–Crippen LogP) is 5.32. The second-order valence-corrected chi connectivity index (χ2v) is 5.89. The van der Waals surface area contributed by atoms with Gasteiger partial charge in [0.2, 0.25) is 0 Å². The highest BCUT2D eigenvalue weighted by molar-refractivity contribution is 9.10. The molecule has 0 fully saturated rings. The van der Waals surface area contributed by atoms with Crippen LogP contribution in [0.4, 0.5) is 0 Å². The molecule has 0 radical (unpaired) electrons. The first-order valence-electron chi connectivity index (χ1n) is 7.30. The highest BCUT2D eigenvalue weighted by Gasteiger charge is 2.05. The first-order chi connectivity index (χ1) is 11.3. The average Bonchev–Trinajstić information content (AvgIpc) is 2.62. The molecular formula is C20H15BrN2. The summed E-state index contributed by atoms with van der Waals surface area (Å²) in [5.74, 6) is 0.